The van der Waals surface area contributed by atoms with Crippen LogP contribution >= 0.6 is 0 Å². The van der Waals surface area contributed by atoms with Crippen molar-refractivity contribution in [1.82, 2.24) is 0 Å². The molecule has 0 spiro atoms. The summed E-state index contributed by atoms with van der Waals surface area (Å²) in [5.41, 5.74) is 1.81. The first-order valence-corrected chi connectivity index (χ1v) is 6.77. The van der Waals surface area contributed by atoms with Crippen molar-refractivity contribution in [3.05, 3.63) is 51.3 Å². The number of non-ortho nitro benzene ring substituents is 1. The predicted octanol–water partition coefficient (Wildman–Crippen LogP) is 3.40. The summed E-state index contributed by atoms with van der Waals surface area (Å²) < 4.78 is 5.52. The third kappa shape index (κ3) is 2.48. The van der Waals surface area contributed by atoms with Gasteiger partial charge < -0.3 is 9.73 Å². The van der Waals surface area contributed by atoms with Crippen molar-refractivity contribution >= 4 is 29.4 Å². The number of nitro groups is 1. The highest BCUT2D eigenvalue weighted by atomic mass is 16.6. The summed E-state index contributed by atoms with van der Waals surface area (Å²) in [5.74, 6) is 0.790. The summed E-state index contributed by atoms with van der Waals surface area (Å²) in [6, 6.07) is 5.45. The number of nitrogens with one attached hydrogen (secondary N) is 1. The number of carbonyl (C=O) groups is 1. The fourth-order valence-electron chi connectivity index (χ4n) is 2.35. The number of anilines is 1. The predicted molar refractivity (Wildman–Crippen MR) is 81.0 cm³/mol. The second kappa shape index (κ2) is 5.44. The first kappa shape index (κ1) is 14.0. The summed E-state index contributed by atoms with van der Waals surface area (Å²) >= 11 is 0. The second-order valence-corrected chi connectivity index (χ2v) is 4.93. The number of carbonyl (C=O) groups excluding carboxylic acids is 1. The number of aliphatic imine (C=N–C) groups is 1. The Morgan fingerprint density at radius 1 is 1.36 bits per heavy atom. The molecule has 0 atom stereocenters. The molecule has 1 aliphatic rings. The van der Waals surface area contributed by atoms with Gasteiger partial charge in [0, 0.05) is 29.5 Å². The van der Waals surface area contributed by atoms with E-state index in [1.165, 1.54) is 24.3 Å². The maximum absolute atomic E-state index is 12.3. The van der Waals surface area contributed by atoms with Crippen LogP contribution in [-0.2, 0) is 6.42 Å². The van der Waals surface area contributed by atoms with Crippen LogP contribution < -0.4 is 5.32 Å². The van der Waals surface area contributed by atoms with E-state index < -0.39 is 4.92 Å². The topological polar surface area (TPSA) is 97.7 Å². The molecule has 0 bridgehead atoms. The standard InChI is InChI=1S/C15H13N3O4/c1-9-13(12-3-2-8-16-15(12)22-9)17-14(19)10-4-6-11(7-5-10)18(20)21/h4-8H,2-3H2,1H3,(H,17,19). The highest BCUT2D eigenvalue weighted by molar-refractivity contribution is 6.05. The lowest BCUT2D eigenvalue weighted by Gasteiger charge is -2.08. The molecule has 112 valence electrons. The van der Waals surface area contributed by atoms with Crippen molar-refractivity contribution < 1.29 is 14.1 Å². The van der Waals surface area contributed by atoms with Crippen molar-refractivity contribution in [1.29, 1.82) is 0 Å². The van der Waals surface area contributed by atoms with Crippen LogP contribution in [0.1, 0.15) is 28.1 Å². The van der Waals surface area contributed by atoms with E-state index in [9.17, 15) is 14.9 Å². The molecule has 2 aromatic rings. The Kier molecular flexibility index (Phi) is 3.46. The maximum Gasteiger partial charge on any atom is 0.269 e. The highest BCUT2D eigenvalue weighted by Gasteiger charge is 2.21. The largest absolute Gasteiger partial charge is 0.441 e. The zero-order valence-electron chi connectivity index (χ0n) is 11.8. The molecule has 7 heteroatoms. The van der Waals surface area contributed by atoms with E-state index in [0.29, 0.717) is 22.9 Å². The molecule has 0 radical (unpaired) electrons. The van der Waals surface area contributed by atoms with Crippen molar-refractivity contribution in [2.24, 2.45) is 4.99 Å². The first-order valence-electron chi connectivity index (χ1n) is 6.77. The van der Waals surface area contributed by atoms with Gasteiger partial charge in [0.15, 0.2) is 0 Å². The molecule has 1 aromatic heterocycles. The number of amides is 1. The number of aryl methyl sites for hydroxylation is 1. The van der Waals surface area contributed by atoms with E-state index in [0.717, 1.165) is 18.4 Å². The molecule has 0 saturated heterocycles. The minimum Gasteiger partial charge on any atom is -0.441 e. The van der Waals surface area contributed by atoms with Crippen molar-refractivity contribution in [3.8, 4) is 0 Å². The molecule has 7 nitrogen and oxygen atoms in total. The van der Waals surface area contributed by atoms with Gasteiger partial charge in [-0.15, -0.1) is 0 Å². The average Bonchev–Trinajstić information content (AvgIpc) is 2.83. The third-order valence-electron chi connectivity index (χ3n) is 3.47. The summed E-state index contributed by atoms with van der Waals surface area (Å²) in [4.78, 5) is 26.6. The molecule has 1 amide bonds. The van der Waals surface area contributed by atoms with E-state index >= 15 is 0 Å². The van der Waals surface area contributed by atoms with E-state index in [1.807, 2.05) is 0 Å². The van der Waals surface area contributed by atoms with Crippen LogP contribution in [0.25, 0.3) is 0 Å². The minimum atomic E-state index is -0.504. The smallest absolute Gasteiger partial charge is 0.269 e. The van der Waals surface area contributed by atoms with Gasteiger partial charge >= 0.3 is 0 Å². The SMILES string of the molecule is Cc1oc2c(c1NC(=O)c1ccc([N+](=O)[O-])cc1)CCC=N2. The lowest BCUT2D eigenvalue weighted by atomic mass is 10.1. The van der Waals surface area contributed by atoms with Gasteiger partial charge in [0.2, 0.25) is 5.88 Å². The molecule has 0 saturated carbocycles. The summed E-state index contributed by atoms with van der Waals surface area (Å²) in [5, 5.41) is 13.4. The van der Waals surface area contributed by atoms with Crippen LogP contribution in [0.15, 0.2) is 33.7 Å². The Labute approximate surface area is 125 Å². The molecular weight excluding hydrogens is 286 g/mol. The van der Waals surface area contributed by atoms with Crippen LogP contribution in [0, 0.1) is 17.0 Å². The maximum atomic E-state index is 12.3. The van der Waals surface area contributed by atoms with Crippen molar-refractivity contribution in [3.63, 3.8) is 0 Å². The Bertz CT molecular complexity index is 775. The number of hydrogen-bond donors (Lipinski definition) is 1. The number of nitro benzene ring substituents is 1. The molecule has 22 heavy (non-hydrogen) atoms. The van der Waals surface area contributed by atoms with Crippen LogP contribution in [0.5, 0.6) is 0 Å². The van der Waals surface area contributed by atoms with Crippen LogP contribution in [-0.4, -0.2) is 17.0 Å². The van der Waals surface area contributed by atoms with E-state index in [2.05, 4.69) is 10.3 Å². The zero-order valence-corrected chi connectivity index (χ0v) is 11.8. The number of fused-ring (bicyclic) bond motifs is 1. The molecule has 2 heterocycles. The van der Waals surface area contributed by atoms with Gasteiger partial charge in [-0.3, -0.25) is 14.9 Å². The first-order chi connectivity index (χ1) is 10.6. The minimum absolute atomic E-state index is 0.0530. The average molecular weight is 299 g/mol. The Morgan fingerprint density at radius 3 is 2.77 bits per heavy atom. The van der Waals surface area contributed by atoms with Gasteiger partial charge in [0.05, 0.1) is 10.6 Å². The molecule has 1 aromatic carbocycles. The molecule has 0 aliphatic carbocycles. The second-order valence-electron chi connectivity index (χ2n) is 4.93. The Balaban J connectivity index is 1.84. The lowest BCUT2D eigenvalue weighted by Crippen LogP contribution is -2.13. The monoisotopic (exact) mass is 299 g/mol. The van der Waals surface area contributed by atoms with Crippen LogP contribution in [0.3, 0.4) is 0 Å². The van der Waals surface area contributed by atoms with Crippen LogP contribution in [0.4, 0.5) is 17.3 Å². The van der Waals surface area contributed by atoms with Gasteiger partial charge in [-0.2, -0.15) is 0 Å². The molecule has 1 aliphatic heterocycles. The number of nitrogens with zero attached hydrogens (tertiary/aromatic N) is 2. The summed E-state index contributed by atoms with van der Waals surface area (Å²) in [6.45, 7) is 1.76. The van der Waals surface area contributed by atoms with Crippen molar-refractivity contribution in [2.45, 2.75) is 19.8 Å². The van der Waals surface area contributed by atoms with E-state index in [1.54, 1.807) is 13.1 Å². The third-order valence-corrected chi connectivity index (χ3v) is 3.47. The lowest BCUT2D eigenvalue weighted by molar-refractivity contribution is -0.384. The van der Waals surface area contributed by atoms with Gasteiger partial charge in [-0.05, 0) is 31.9 Å². The van der Waals surface area contributed by atoms with E-state index in [4.69, 9.17) is 4.42 Å². The summed E-state index contributed by atoms with van der Waals surface area (Å²) in [7, 11) is 0. The molecular formula is C15H13N3O4. The number of hydrogen-bond acceptors (Lipinski definition) is 5. The quantitative estimate of drug-likeness (QED) is 0.693. The highest BCUT2D eigenvalue weighted by Crippen LogP contribution is 2.36. The number of benzene rings is 1. The number of furan rings is 1. The van der Waals surface area contributed by atoms with Gasteiger partial charge in [-0.25, -0.2) is 4.99 Å². The summed E-state index contributed by atoms with van der Waals surface area (Å²) in [6.07, 6.45) is 3.34. The fraction of sp³-hybridized carbons (Fsp3) is 0.200. The zero-order chi connectivity index (χ0) is 15.7. The van der Waals surface area contributed by atoms with Crippen LogP contribution in [0.2, 0.25) is 0 Å². The Hall–Kier alpha value is -2.96. The van der Waals surface area contributed by atoms with Gasteiger partial charge in [0.25, 0.3) is 11.6 Å². The normalized spacial score (nSPS) is 12.8. The molecule has 0 unspecified atom stereocenters. The fourth-order valence-corrected chi connectivity index (χ4v) is 2.35. The van der Waals surface area contributed by atoms with E-state index in [-0.39, 0.29) is 11.6 Å². The van der Waals surface area contributed by atoms with Crippen molar-refractivity contribution in [2.75, 3.05) is 5.32 Å². The van der Waals surface area contributed by atoms with Gasteiger partial charge in [-0.1, -0.05) is 0 Å². The molecule has 0 fully saturated rings. The molecule has 1 N–H and O–H groups in total. The Morgan fingerprint density at radius 2 is 2.09 bits per heavy atom. The number of rotatable bonds is 3. The van der Waals surface area contributed by atoms with Gasteiger partial charge in [0.1, 0.15) is 5.76 Å². The molecule has 3 rings (SSSR count).